The maximum absolute atomic E-state index is 11.4. The summed E-state index contributed by atoms with van der Waals surface area (Å²) in [5.74, 6) is 0. The summed E-state index contributed by atoms with van der Waals surface area (Å²) >= 11 is 11.2. The molecule has 2 N–H and O–H groups in total. The van der Waals surface area contributed by atoms with Gasteiger partial charge in [-0.15, -0.1) is 0 Å². The molecule has 0 bridgehead atoms. The predicted octanol–water partition coefficient (Wildman–Crippen LogP) is 3.23. The van der Waals surface area contributed by atoms with Gasteiger partial charge >= 0.3 is 0 Å². The fourth-order valence-corrected chi connectivity index (χ4v) is 2.76. The molecule has 0 spiro atoms. The molecule has 0 saturated carbocycles. The lowest BCUT2D eigenvalue weighted by Crippen LogP contribution is -2.27. The second-order valence-corrected chi connectivity index (χ2v) is 7.53. The van der Waals surface area contributed by atoms with Crippen molar-refractivity contribution in [2.24, 2.45) is 0 Å². The van der Waals surface area contributed by atoms with Gasteiger partial charge in [-0.2, -0.15) is 0 Å². The summed E-state index contributed by atoms with van der Waals surface area (Å²) in [6.45, 7) is 0.486. The molecule has 0 heterocycles. The number of sulfone groups is 1. The van der Waals surface area contributed by atoms with E-state index in [1.54, 1.807) is 30.3 Å². The lowest BCUT2D eigenvalue weighted by atomic mass is 10.2. The van der Waals surface area contributed by atoms with Gasteiger partial charge in [-0.25, -0.2) is 8.42 Å². The fraction of sp³-hybridized carbons (Fsp3) is 0.133. The van der Waals surface area contributed by atoms with Gasteiger partial charge < -0.3 is 10.6 Å². The van der Waals surface area contributed by atoms with Crippen LogP contribution in [0.1, 0.15) is 5.56 Å². The van der Waals surface area contributed by atoms with E-state index in [9.17, 15) is 8.42 Å². The van der Waals surface area contributed by atoms with Crippen LogP contribution in [-0.2, 0) is 16.4 Å². The average Bonchev–Trinajstić information content (AvgIpc) is 2.47. The molecule has 0 unspecified atom stereocenters. The molecule has 4 nitrogen and oxygen atoms in total. The monoisotopic (exact) mass is 354 g/mol. The molecule has 7 heteroatoms. The Bertz CT molecular complexity index is 774. The van der Waals surface area contributed by atoms with Crippen molar-refractivity contribution >= 4 is 44.5 Å². The van der Waals surface area contributed by atoms with Crippen molar-refractivity contribution in [1.82, 2.24) is 5.32 Å². The summed E-state index contributed by atoms with van der Waals surface area (Å²) in [5.41, 5.74) is 1.66. The van der Waals surface area contributed by atoms with Crippen LogP contribution in [0.25, 0.3) is 0 Å². The quantitative estimate of drug-likeness (QED) is 0.825. The highest BCUT2D eigenvalue weighted by Gasteiger charge is 2.06. The number of nitrogens with one attached hydrogen (secondary N) is 2. The highest BCUT2D eigenvalue weighted by molar-refractivity contribution is 7.90. The van der Waals surface area contributed by atoms with Gasteiger partial charge in [-0.05, 0) is 42.0 Å². The van der Waals surface area contributed by atoms with E-state index < -0.39 is 9.84 Å². The first-order chi connectivity index (χ1) is 10.4. The topological polar surface area (TPSA) is 58.2 Å². The van der Waals surface area contributed by atoms with Crippen LogP contribution in [0.4, 0.5) is 5.69 Å². The average molecular weight is 355 g/mol. The van der Waals surface area contributed by atoms with Crippen molar-refractivity contribution in [2.75, 3.05) is 11.6 Å². The second-order valence-electron chi connectivity index (χ2n) is 4.70. The summed E-state index contributed by atoms with van der Waals surface area (Å²) in [4.78, 5) is 0.299. The van der Waals surface area contributed by atoms with Gasteiger partial charge in [0.2, 0.25) is 0 Å². The number of halogens is 1. The largest absolute Gasteiger partial charge is 0.358 e. The third-order valence-corrected chi connectivity index (χ3v) is 4.63. The Hall–Kier alpha value is -1.63. The molecule has 2 aromatic carbocycles. The molecule has 0 amide bonds. The predicted molar refractivity (Wildman–Crippen MR) is 94.1 cm³/mol. The third-order valence-electron chi connectivity index (χ3n) is 2.93. The zero-order valence-electron chi connectivity index (χ0n) is 11.8. The van der Waals surface area contributed by atoms with E-state index in [1.165, 1.54) is 6.26 Å². The minimum absolute atomic E-state index is 0.299. The van der Waals surface area contributed by atoms with Crippen LogP contribution in [0.15, 0.2) is 53.4 Å². The number of hydrogen-bond acceptors (Lipinski definition) is 3. The molecule has 0 radical (unpaired) electrons. The zero-order valence-corrected chi connectivity index (χ0v) is 14.2. The summed E-state index contributed by atoms with van der Waals surface area (Å²) < 4.78 is 22.8. The Morgan fingerprint density at radius 2 is 1.77 bits per heavy atom. The van der Waals surface area contributed by atoms with Crippen molar-refractivity contribution in [2.45, 2.75) is 11.4 Å². The molecule has 0 aliphatic carbocycles. The van der Waals surface area contributed by atoms with Gasteiger partial charge in [0.05, 0.1) is 15.6 Å². The van der Waals surface area contributed by atoms with Crippen LogP contribution in [0.5, 0.6) is 0 Å². The van der Waals surface area contributed by atoms with Gasteiger partial charge in [0.1, 0.15) is 0 Å². The lowest BCUT2D eigenvalue weighted by Gasteiger charge is -2.11. The molecule has 2 rings (SSSR count). The van der Waals surface area contributed by atoms with Gasteiger partial charge in [0.15, 0.2) is 14.9 Å². The molecule has 0 aliphatic rings. The van der Waals surface area contributed by atoms with Crippen LogP contribution >= 0.6 is 23.8 Å². The highest BCUT2D eigenvalue weighted by atomic mass is 35.5. The second kappa shape index (κ2) is 7.09. The van der Waals surface area contributed by atoms with Crippen molar-refractivity contribution in [3.05, 3.63) is 59.1 Å². The first-order valence-electron chi connectivity index (χ1n) is 6.44. The lowest BCUT2D eigenvalue weighted by molar-refractivity contribution is 0.602. The SMILES string of the molecule is CS(=O)(=O)c1ccc(CNC(=S)Nc2ccccc2Cl)cc1. The summed E-state index contributed by atoms with van der Waals surface area (Å²) in [5, 5.41) is 7.09. The number of hydrogen-bond donors (Lipinski definition) is 2. The van der Waals surface area contributed by atoms with E-state index in [4.69, 9.17) is 23.8 Å². The standard InChI is InChI=1S/C15H15ClN2O2S2/c1-22(19,20)12-8-6-11(7-9-12)10-17-15(21)18-14-5-3-2-4-13(14)16/h2-9H,10H2,1H3,(H2,17,18,21). The Kier molecular flexibility index (Phi) is 5.39. The molecular formula is C15H15ClN2O2S2. The first-order valence-corrected chi connectivity index (χ1v) is 9.12. The number of rotatable bonds is 4. The summed E-state index contributed by atoms with van der Waals surface area (Å²) in [6.07, 6.45) is 1.18. The maximum Gasteiger partial charge on any atom is 0.175 e. The van der Waals surface area contributed by atoms with Crippen LogP contribution in [0, 0.1) is 0 Å². The Morgan fingerprint density at radius 1 is 1.14 bits per heavy atom. The zero-order chi connectivity index (χ0) is 16.2. The Morgan fingerprint density at radius 3 is 2.36 bits per heavy atom. The molecule has 0 fully saturated rings. The summed E-state index contributed by atoms with van der Waals surface area (Å²) in [7, 11) is -3.17. The van der Waals surface area contributed by atoms with Gasteiger partial charge in [-0.1, -0.05) is 35.9 Å². The molecule has 22 heavy (non-hydrogen) atoms. The van der Waals surface area contributed by atoms with Crippen LogP contribution < -0.4 is 10.6 Å². The van der Waals surface area contributed by atoms with Gasteiger partial charge in [-0.3, -0.25) is 0 Å². The maximum atomic E-state index is 11.4. The van der Waals surface area contributed by atoms with Crippen molar-refractivity contribution in [3.63, 3.8) is 0 Å². The van der Waals surface area contributed by atoms with E-state index in [0.717, 1.165) is 11.3 Å². The smallest absolute Gasteiger partial charge is 0.175 e. The van der Waals surface area contributed by atoms with E-state index >= 15 is 0 Å². The molecule has 116 valence electrons. The van der Waals surface area contributed by atoms with E-state index in [0.29, 0.717) is 21.6 Å². The number of anilines is 1. The van der Waals surface area contributed by atoms with Crippen LogP contribution in [0.3, 0.4) is 0 Å². The molecule has 0 saturated heterocycles. The minimum atomic E-state index is -3.17. The van der Waals surface area contributed by atoms with Gasteiger partial charge in [0, 0.05) is 12.8 Å². The van der Waals surface area contributed by atoms with Crippen molar-refractivity contribution in [1.29, 1.82) is 0 Å². The normalized spacial score (nSPS) is 11.0. The van der Waals surface area contributed by atoms with E-state index in [1.807, 2.05) is 18.2 Å². The number of benzene rings is 2. The van der Waals surface area contributed by atoms with Crippen molar-refractivity contribution in [3.8, 4) is 0 Å². The minimum Gasteiger partial charge on any atom is -0.358 e. The van der Waals surface area contributed by atoms with Crippen molar-refractivity contribution < 1.29 is 8.42 Å². The van der Waals surface area contributed by atoms with Gasteiger partial charge in [0.25, 0.3) is 0 Å². The Balaban J connectivity index is 1.93. The number of para-hydroxylation sites is 1. The van der Waals surface area contributed by atoms with E-state index in [-0.39, 0.29) is 0 Å². The first kappa shape index (κ1) is 16.7. The third kappa shape index (κ3) is 4.69. The Labute approximate surface area is 140 Å². The number of thiocarbonyl (C=S) groups is 1. The molecule has 0 aliphatic heterocycles. The van der Waals surface area contributed by atoms with Crippen LogP contribution in [0.2, 0.25) is 5.02 Å². The van der Waals surface area contributed by atoms with E-state index in [2.05, 4.69) is 10.6 Å². The molecular weight excluding hydrogens is 340 g/mol. The van der Waals surface area contributed by atoms with Crippen LogP contribution in [-0.4, -0.2) is 19.8 Å². The molecule has 0 aromatic heterocycles. The highest BCUT2D eigenvalue weighted by Crippen LogP contribution is 2.20. The molecule has 0 atom stereocenters. The fourth-order valence-electron chi connectivity index (χ4n) is 1.77. The molecule has 2 aromatic rings. The summed E-state index contributed by atoms with van der Waals surface area (Å²) in [6, 6.07) is 14.0.